The monoisotopic (exact) mass is 260 g/mol. The van der Waals surface area contributed by atoms with E-state index in [-0.39, 0.29) is 11.7 Å². The van der Waals surface area contributed by atoms with E-state index in [0.717, 1.165) is 0 Å². The normalized spacial score (nSPS) is 10.0. The van der Waals surface area contributed by atoms with Gasteiger partial charge in [0.2, 0.25) is 5.91 Å². The number of nitrogen functional groups attached to an aromatic ring is 1. The van der Waals surface area contributed by atoms with Gasteiger partial charge in [-0.15, -0.1) is 0 Å². The summed E-state index contributed by atoms with van der Waals surface area (Å²) in [5, 5.41) is 2.62. The van der Waals surface area contributed by atoms with Crippen LogP contribution in [0.1, 0.15) is 6.92 Å². The summed E-state index contributed by atoms with van der Waals surface area (Å²) >= 11 is 0. The van der Waals surface area contributed by atoms with Crippen molar-refractivity contribution < 1.29 is 13.9 Å². The van der Waals surface area contributed by atoms with Gasteiger partial charge in [0.1, 0.15) is 5.75 Å². The maximum absolute atomic E-state index is 13.6. The minimum absolute atomic E-state index is 0.0779. The minimum Gasteiger partial charge on any atom is -0.454 e. The number of rotatable bonds is 3. The van der Waals surface area contributed by atoms with Crippen LogP contribution >= 0.6 is 0 Å². The van der Waals surface area contributed by atoms with Gasteiger partial charge in [-0.3, -0.25) is 4.79 Å². The fourth-order valence-electron chi connectivity index (χ4n) is 1.57. The van der Waals surface area contributed by atoms with Crippen LogP contribution in [0.5, 0.6) is 11.5 Å². The number of hydrogen-bond donors (Lipinski definition) is 2. The molecule has 2 aromatic carbocycles. The Bertz CT molecular complexity index is 614. The molecule has 2 aromatic rings. The van der Waals surface area contributed by atoms with Crippen LogP contribution in [0.2, 0.25) is 0 Å². The lowest BCUT2D eigenvalue weighted by Gasteiger charge is -2.09. The Morgan fingerprint density at radius 2 is 2.05 bits per heavy atom. The Balaban J connectivity index is 2.21. The first-order valence-corrected chi connectivity index (χ1v) is 5.65. The average Bonchev–Trinajstić information content (AvgIpc) is 2.32. The predicted molar refractivity (Wildman–Crippen MR) is 71.6 cm³/mol. The lowest BCUT2D eigenvalue weighted by atomic mass is 10.2. The first-order valence-electron chi connectivity index (χ1n) is 5.65. The highest BCUT2D eigenvalue weighted by Crippen LogP contribution is 2.27. The topological polar surface area (TPSA) is 64.3 Å². The largest absolute Gasteiger partial charge is 0.454 e. The quantitative estimate of drug-likeness (QED) is 0.833. The molecule has 1 amide bonds. The molecule has 0 saturated carbocycles. The molecule has 2 rings (SSSR count). The molecule has 0 bridgehead atoms. The van der Waals surface area contributed by atoms with E-state index in [2.05, 4.69) is 5.32 Å². The van der Waals surface area contributed by atoms with Gasteiger partial charge in [-0.2, -0.15) is 0 Å². The Hall–Kier alpha value is -2.56. The summed E-state index contributed by atoms with van der Waals surface area (Å²) in [7, 11) is 0. The standard InChI is InChI=1S/C14H13FN2O2/c1-9(18)17-11-3-2-4-12(8-11)19-14-6-5-10(16)7-13(14)15/h2-8H,16H2,1H3,(H,17,18). The van der Waals surface area contributed by atoms with Crippen LogP contribution in [-0.4, -0.2) is 5.91 Å². The summed E-state index contributed by atoms with van der Waals surface area (Å²) in [5.74, 6) is -0.218. The molecule has 0 unspecified atom stereocenters. The van der Waals surface area contributed by atoms with Crippen LogP contribution in [0.3, 0.4) is 0 Å². The molecule has 98 valence electrons. The number of anilines is 2. The summed E-state index contributed by atoms with van der Waals surface area (Å²) < 4.78 is 19.0. The van der Waals surface area contributed by atoms with Gasteiger partial charge >= 0.3 is 0 Å². The second-order valence-electron chi connectivity index (χ2n) is 4.00. The molecule has 19 heavy (non-hydrogen) atoms. The summed E-state index contributed by atoms with van der Waals surface area (Å²) in [6, 6.07) is 10.9. The van der Waals surface area contributed by atoms with Crippen molar-refractivity contribution in [2.75, 3.05) is 11.1 Å². The first-order chi connectivity index (χ1) is 9.04. The van der Waals surface area contributed by atoms with E-state index >= 15 is 0 Å². The molecule has 4 nitrogen and oxygen atoms in total. The molecule has 0 aliphatic heterocycles. The van der Waals surface area contributed by atoms with Crippen molar-refractivity contribution in [1.29, 1.82) is 0 Å². The number of nitrogens with two attached hydrogens (primary N) is 1. The second-order valence-corrected chi connectivity index (χ2v) is 4.00. The van der Waals surface area contributed by atoms with Crippen molar-refractivity contribution in [3.8, 4) is 11.5 Å². The van der Waals surface area contributed by atoms with Crippen molar-refractivity contribution in [3.05, 3.63) is 48.3 Å². The van der Waals surface area contributed by atoms with Crippen LogP contribution in [0.25, 0.3) is 0 Å². The molecule has 3 N–H and O–H groups in total. The van der Waals surface area contributed by atoms with E-state index < -0.39 is 5.82 Å². The Labute approximate surface area is 110 Å². The van der Waals surface area contributed by atoms with E-state index in [1.54, 1.807) is 30.3 Å². The molecule has 0 heterocycles. The summed E-state index contributed by atoms with van der Waals surface area (Å²) in [6.45, 7) is 1.41. The number of nitrogens with one attached hydrogen (secondary N) is 1. The average molecular weight is 260 g/mol. The smallest absolute Gasteiger partial charge is 0.221 e. The zero-order valence-electron chi connectivity index (χ0n) is 10.3. The Morgan fingerprint density at radius 1 is 1.26 bits per heavy atom. The minimum atomic E-state index is -0.537. The number of carbonyl (C=O) groups is 1. The molecular formula is C14H13FN2O2. The maximum atomic E-state index is 13.6. The number of hydrogen-bond acceptors (Lipinski definition) is 3. The number of ether oxygens (including phenoxy) is 1. The van der Waals surface area contributed by atoms with E-state index in [1.165, 1.54) is 19.1 Å². The third kappa shape index (κ3) is 3.45. The van der Waals surface area contributed by atoms with Crippen molar-refractivity contribution in [2.24, 2.45) is 0 Å². The van der Waals surface area contributed by atoms with Gasteiger partial charge in [0.15, 0.2) is 11.6 Å². The molecule has 0 spiro atoms. The van der Waals surface area contributed by atoms with Crippen molar-refractivity contribution in [2.45, 2.75) is 6.92 Å². The number of benzene rings is 2. The molecule has 0 atom stereocenters. The lowest BCUT2D eigenvalue weighted by Crippen LogP contribution is -2.05. The van der Waals surface area contributed by atoms with Crippen LogP contribution in [0, 0.1) is 5.82 Å². The van der Waals surface area contributed by atoms with Gasteiger partial charge in [-0.05, 0) is 24.3 Å². The van der Waals surface area contributed by atoms with Gasteiger partial charge < -0.3 is 15.8 Å². The Morgan fingerprint density at radius 3 is 2.74 bits per heavy atom. The zero-order valence-corrected chi connectivity index (χ0v) is 10.3. The first kappa shape index (κ1) is 12.9. The summed E-state index contributed by atoms with van der Waals surface area (Å²) in [6.07, 6.45) is 0. The third-order valence-electron chi connectivity index (χ3n) is 2.34. The van der Waals surface area contributed by atoms with E-state index in [4.69, 9.17) is 10.5 Å². The summed E-state index contributed by atoms with van der Waals surface area (Å²) in [5.41, 5.74) is 6.37. The van der Waals surface area contributed by atoms with Crippen molar-refractivity contribution in [3.63, 3.8) is 0 Å². The van der Waals surface area contributed by atoms with E-state index in [1.807, 2.05) is 0 Å². The highest BCUT2D eigenvalue weighted by atomic mass is 19.1. The molecule has 5 heteroatoms. The van der Waals surface area contributed by atoms with Gasteiger partial charge in [0.25, 0.3) is 0 Å². The zero-order chi connectivity index (χ0) is 13.8. The van der Waals surface area contributed by atoms with E-state index in [9.17, 15) is 9.18 Å². The second kappa shape index (κ2) is 5.39. The van der Waals surface area contributed by atoms with Crippen LogP contribution in [0.15, 0.2) is 42.5 Å². The third-order valence-corrected chi connectivity index (χ3v) is 2.34. The van der Waals surface area contributed by atoms with Gasteiger partial charge in [0.05, 0.1) is 0 Å². The SMILES string of the molecule is CC(=O)Nc1cccc(Oc2ccc(N)cc2F)c1. The van der Waals surface area contributed by atoms with Crippen molar-refractivity contribution in [1.82, 2.24) is 0 Å². The number of halogens is 1. The van der Waals surface area contributed by atoms with E-state index in [0.29, 0.717) is 17.1 Å². The van der Waals surface area contributed by atoms with Crippen LogP contribution < -0.4 is 15.8 Å². The molecule has 0 aromatic heterocycles. The number of carbonyl (C=O) groups excluding carboxylic acids is 1. The lowest BCUT2D eigenvalue weighted by molar-refractivity contribution is -0.114. The molecule has 0 fully saturated rings. The van der Waals surface area contributed by atoms with Gasteiger partial charge in [-0.25, -0.2) is 4.39 Å². The maximum Gasteiger partial charge on any atom is 0.221 e. The van der Waals surface area contributed by atoms with Crippen molar-refractivity contribution >= 4 is 17.3 Å². The fourth-order valence-corrected chi connectivity index (χ4v) is 1.57. The fraction of sp³-hybridized carbons (Fsp3) is 0.0714. The highest BCUT2D eigenvalue weighted by molar-refractivity contribution is 5.88. The number of amides is 1. The molecular weight excluding hydrogens is 247 g/mol. The Kier molecular flexibility index (Phi) is 3.66. The predicted octanol–water partition coefficient (Wildman–Crippen LogP) is 3.16. The summed E-state index contributed by atoms with van der Waals surface area (Å²) in [4.78, 5) is 10.9. The molecule has 0 saturated heterocycles. The molecule has 0 aliphatic carbocycles. The van der Waals surface area contributed by atoms with Crippen LogP contribution in [0.4, 0.5) is 15.8 Å². The van der Waals surface area contributed by atoms with Gasteiger partial charge in [0, 0.05) is 30.4 Å². The van der Waals surface area contributed by atoms with Gasteiger partial charge in [-0.1, -0.05) is 6.07 Å². The van der Waals surface area contributed by atoms with Crippen LogP contribution in [-0.2, 0) is 4.79 Å². The highest BCUT2D eigenvalue weighted by Gasteiger charge is 2.06. The molecule has 0 radical (unpaired) electrons. The molecule has 0 aliphatic rings.